The van der Waals surface area contributed by atoms with Crippen LogP contribution >= 0.6 is 0 Å². The zero-order valence-corrected chi connectivity index (χ0v) is 11.9. The highest BCUT2D eigenvalue weighted by molar-refractivity contribution is 5.54. The van der Waals surface area contributed by atoms with Crippen molar-refractivity contribution in [2.75, 3.05) is 11.1 Å². The van der Waals surface area contributed by atoms with Gasteiger partial charge in [0, 0.05) is 5.69 Å². The minimum absolute atomic E-state index is 0.301. The van der Waals surface area contributed by atoms with E-state index in [2.05, 4.69) is 40.5 Å². The van der Waals surface area contributed by atoms with Gasteiger partial charge in [-0.1, -0.05) is 6.07 Å². The molecule has 0 aliphatic heterocycles. The van der Waals surface area contributed by atoms with Crippen molar-refractivity contribution in [1.29, 1.82) is 0 Å². The van der Waals surface area contributed by atoms with Gasteiger partial charge in [0.2, 0.25) is 0 Å². The maximum atomic E-state index is 5.87. The van der Waals surface area contributed by atoms with Crippen molar-refractivity contribution < 1.29 is 0 Å². The maximum Gasteiger partial charge on any atom is 0.157 e. The van der Waals surface area contributed by atoms with Crippen LogP contribution in [0.2, 0.25) is 0 Å². The number of nitrogen functional groups attached to an aromatic ring is 1. The van der Waals surface area contributed by atoms with Gasteiger partial charge in [0.05, 0.1) is 6.04 Å². The van der Waals surface area contributed by atoms with Crippen LogP contribution in [0.1, 0.15) is 29.2 Å². The first-order valence-corrected chi connectivity index (χ1v) is 7.16. The molecule has 3 N–H and O–H groups in total. The van der Waals surface area contributed by atoms with Crippen LogP contribution in [0.15, 0.2) is 36.7 Å². The summed E-state index contributed by atoms with van der Waals surface area (Å²) in [6.45, 7) is 2.07. The molecule has 5 heteroatoms. The van der Waals surface area contributed by atoms with Crippen LogP contribution in [-0.2, 0) is 6.42 Å². The van der Waals surface area contributed by atoms with Gasteiger partial charge in [-0.15, -0.1) is 0 Å². The highest BCUT2D eigenvalue weighted by Crippen LogP contribution is 2.35. The number of aromatic nitrogens is 3. The molecule has 0 bridgehead atoms. The molecule has 1 unspecified atom stereocenters. The topological polar surface area (TPSA) is 68.2 Å². The van der Waals surface area contributed by atoms with E-state index in [0.29, 0.717) is 6.04 Å². The van der Waals surface area contributed by atoms with Crippen molar-refractivity contribution in [1.82, 2.24) is 14.6 Å². The Morgan fingerprint density at radius 2 is 2.19 bits per heavy atom. The Labute approximate surface area is 122 Å². The molecular weight excluding hydrogens is 262 g/mol. The van der Waals surface area contributed by atoms with Crippen molar-refractivity contribution in [2.24, 2.45) is 0 Å². The maximum absolute atomic E-state index is 5.87. The van der Waals surface area contributed by atoms with Gasteiger partial charge in [-0.25, -0.2) is 4.98 Å². The van der Waals surface area contributed by atoms with Gasteiger partial charge in [0.1, 0.15) is 12.1 Å². The zero-order chi connectivity index (χ0) is 14.4. The van der Waals surface area contributed by atoms with Crippen LogP contribution in [0, 0.1) is 6.92 Å². The summed E-state index contributed by atoms with van der Waals surface area (Å²) < 4.78 is 1.85. The molecule has 1 atom stereocenters. The average molecular weight is 279 g/mol. The number of nitrogens with two attached hydrogens (primary N) is 1. The highest BCUT2D eigenvalue weighted by Gasteiger charge is 2.23. The molecule has 0 saturated heterocycles. The van der Waals surface area contributed by atoms with E-state index in [1.807, 2.05) is 16.6 Å². The van der Waals surface area contributed by atoms with E-state index in [0.717, 1.165) is 30.0 Å². The second-order valence-corrected chi connectivity index (χ2v) is 5.64. The Morgan fingerprint density at radius 1 is 1.29 bits per heavy atom. The van der Waals surface area contributed by atoms with Gasteiger partial charge in [0.15, 0.2) is 5.65 Å². The van der Waals surface area contributed by atoms with Gasteiger partial charge in [-0.3, -0.25) is 0 Å². The lowest BCUT2D eigenvalue weighted by Crippen LogP contribution is -2.11. The predicted molar refractivity (Wildman–Crippen MR) is 83.3 cm³/mol. The number of nitrogens with one attached hydrogen (secondary N) is 1. The molecule has 21 heavy (non-hydrogen) atoms. The van der Waals surface area contributed by atoms with Crippen LogP contribution < -0.4 is 11.1 Å². The summed E-state index contributed by atoms with van der Waals surface area (Å²) in [6, 6.07) is 10.6. The summed E-state index contributed by atoms with van der Waals surface area (Å²) in [5.74, 6) is 0.983. The minimum Gasteiger partial charge on any atom is -0.399 e. The number of fused-ring (bicyclic) bond motifs is 2. The molecule has 0 spiro atoms. The first-order valence-electron chi connectivity index (χ1n) is 7.16. The van der Waals surface area contributed by atoms with E-state index in [4.69, 9.17) is 5.73 Å². The van der Waals surface area contributed by atoms with Crippen molar-refractivity contribution in [2.45, 2.75) is 25.8 Å². The summed E-state index contributed by atoms with van der Waals surface area (Å²) in [5.41, 5.74) is 11.4. The number of benzene rings is 1. The minimum atomic E-state index is 0.301. The molecule has 0 amide bonds. The lowest BCUT2D eigenvalue weighted by atomic mass is 10.1. The molecule has 0 radical (unpaired) electrons. The van der Waals surface area contributed by atoms with Gasteiger partial charge >= 0.3 is 0 Å². The quantitative estimate of drug-likeness (QED) is 0.708. The Bertz CT molecular complexity index is 821. The fourth-order valence-electron chi connectivity index (χ4n) is 3.13. The highest BCUT2D eigenvalue weighted by atomic mass is 15.3. The standard InChI is InChI=1S/C16H17N5/c1-10-6-15-18-9-19-21(15)16(7-10)20-14-5-2-11-8-12(17)3-4-13(11)14/h3-4,6-9,14,20H,2,5,17H2,1H3. The number of aryl methyl sites for hydroxylation is 2. The Balaban J connectivity index is 1.72. The number of anilines is 2. The van der Waals surface area contributed by atoms with Gasteiger partial charge in [0.25, 0.3) is 0 Å². The molecule has 1 aromatic carbocycles. The number of hydrogen-bond acceptors (Lipinski definition) is 4. The molecule has 2 aromatic heterocycles. The predicted octanol–water partition coefficient (Wildman–Crippen LogP) is 2.72. The van der Waals surface area contributed by atoms with Crippen molar-refractivity contribution >= 4 is 17.2 Å². The van der Waals surface area contributed by atoms with E-state index >= 15 is 0 Å². The summed E-state index contributed by atoms with van der Waals surface area (Å²) in [4.78, 5) is 4.27. The largest absolute Gasteiger partial charge is 0.399 e. The number of pyridine rings is 1. The van der Waals surface area contributed by atoms with Crippen molar-refractivity contribution in [3.8, 4) is 0 Å². The van der Waals surface area contributed by atoms with Crippen molar-refractivity contribution in [3.05, 3.63) is 53.3 Å². The van der Waals surface area contributed by atoms with E-state index < -0.39 is 0 Å². The van der Waals surface area contributed by atoms with Crippen LogP contribution in [0.4, 0.5) is 11.5 Å². The molecule has 1 aliphatic carbocycles. The summed E-state index contributed by atoms with van der Waals surface area (Å²) in [5, 5.41) is 7.90. The molecule has 1 aliphatic rings. The van der Waals surface area contributed by atoms with Crippen LogP contribution in [-0.4, -0.2) is 14.6 Å². The van der Waals surface area contributed by atoms with Crippen LogP contribution in [0.25, 0.3) is 5.65 Å². The first kappa shape index (κ1) is 12.2. The lowest BCUT2D eigenvalue weighted by Gasteiger charge is -2.17. The molecule has 0 saturated carbocycles. The molecule has 106 valence electrons. The zero-order valence-electron chi connectivity index (χ0n) is 11.9. The lowest BCUT2D eigenvalue weighted by molar-refractivity contribution is 0.748. The van der Waals surface area contributed by atoms with E-state index in [-0.39, 0.29) is 0 Å². The summed E-state index contributed by atoms with van der Waals surface area (Å²) in [6.07, 6.45) is 3.72. The second kappa shape index (κ2) is 4.48. The Kier molecular flexibility index (Phi) is 2.60. The molecule has 3 aromatic rings. The van der Waals surface area contributed by atoms with Crippen molar-refractivity contribution in [3.63, 3.8) is 0 Å². The van der Waals surface area contributed by atoms with E-state index in [9.17, 15) is 0 Å². The second-order valence-electron chi connectivity index (χ2n) is 5.64. The Hall–Kier alpha value is -2.56. The van der Waals surface area contributed by atoms with Crippen LogP contribution in [0.3, 0.4) is 0 Å². The number of rotatable bonds is 2. The average Bonchev–Trinajstić information content (AvgIpc) is 3.05. The van der Waals surface area contributed by atoms with Gasteiger partial charge < -0.3 is 11.1 Å². The number of nitrogens with zero attached hydrogens (tertiary/aromatic N) is 3. The summed E-state index contributed by atoms with van der Waals surface area (Å²) in [7, 11) is 0. The van der Waals surface area contributed by atoms with E-state index in [1.54, 1.807) is 6.33 Å². The summed E-state index contributed by atoms with van der Waals surface area (Å²) >= 11 is 0. The molecular formula is C16H17N5. The third-order valence-electron chi connectivity index (χ3n) is 4.09. The first-order chi connectivity index (χ1) is 10.2. The molecule has 5 nitrogen and oxygen atoms in total. The van der Waals surface area contributed by atoms with Crippen LogP contribution in [0.5, 0.6) is 0 Å². The van der Waals surface area contributed by atoms with Gasteiger partial charge in [-0.05, 0) is 60.7 Å². The fourth-order valence-corrected chi connectivity index (χ4v) is 3.13. The molecule has 0 fully saturated rings. The Morgan fingerprint density at radius 3 is 3.10 bits per heavy atom. The smallest absolute Gasteiger partial charge is 0.157 e. The molecule has 2 heterocycles. The number of hydrogen-bond donors (Lipinski definition) is 2. The van der Waals surface area contributed by atoms with Gasteiger partial charge in [-0.2, -0.15) is 9.61 Å². The fraction of sp³-hybridized carbons (Fsp3) is 0.250. The monoisotopic (exact) mass is 279 g/mol. The SMILES string of the molecule is Cc1cc(NC2CCc3cc(N)ccc32)n2ncnc2c1. The third kappa shape index (κ3) is 2.01. The molecule has 4 rings (SSSR count). The normalized spacial score (nSPS) is 17.1. The van der Waals surface area contributed by atoms with E-state index in [1.165, 1.54) is 16.7 Å². The third-order valence-corrected chi connectivity index (χ3v) is 4.09.